The van der Waals surface area contributed by atoms with Gasteiger partial charge < -0.3 is 24.1 Å². The maximum atomic E-state index is 14.0. The predicted molar refractivity (Wildman–Crippen MR) is 144 cm³/mol. The van der Waals surface area contributed by atoms with E-state index < -0.39 is 76.6 Å². The highest BCUT2D eigenvalue weighted by molar-refractivity contribution is 5.99. The minimum absolute atomic E-state index is 0.190. The Bertz CT molecular complexity index is 1280. The molecule has 0 unspecified atom stereocenters. The van der Waals surface area contributed by atoms with E-state index in [0.717, 1.165) is 0 Å². The number of hydrogen-bond acceptors (Lipinski definition) is 10. The number of ether oxygens (including phenoxy) is 4. The van der Waals surface area contributed by atoms with Crippen LogP contribution in [0.1, 0.15) is 71.2 Å². The van der Waals surface area contributed by atoms with Crippen LogP contribution in [0.25, 0.3) is 0 Å². The average Bonchev–Trinajstić information content (AvgIpc) is 2.88. The number of ketones is 2. The number of benzene rings is 1. The maximum Gasteiger partial charge on any atom is 0.338 e. The molecule has 0 aromatic heterocycles. The third-order valence-electron chi connectivity index (χ3n) is 9.13. The Morgan fingerprint density at radius 3 is 2.20 bits per heavy atom. The van der Waals surface area contributed by atoms with Gasteiger partial charge in [-0.15, -0.1) is 0 Å². The molecule has 1 aromatic rings. The summed E-state index contributed by atoms with van der Waals surface area (Å²) >= 11 is 0. The average molecular weight is 571 g/mol. The predicted octanol–water partition coefficient (Wildman–Crippen LogP) is 3.14. The highest BCUT2D eigenvalue weighted by atomic mass is 16.6. The number of aliphatic hydroxyl groups is 1. The molecule has 1 heterocycles. The molecule has 1 aliphatic heterocycles. The fourth-order valence-corrected chi connectivity index (χ4v) is 7.02. The maximum absolute atomic E-state index is 14.0. The molecule has 0 spiro atoms. The fraction of sp³-hybridized carbons (Fsp3) is 0.581. The van der Waals surface area contributed by atoms with Crippen LogP contribution in [0, 0.1) is 16.7 Å². The van der Waals surface area contributed by atoms with E-state index in [1.54, 1.807) is 58.0 Å². The van der Waals surface area contributed by atoms with Gasteiger partial charge in [-0.05, 0) is 43.0 Å². The number of allylic oxidation sites excluding steroid dienone is 1. The van der Waals surface area contributed by atoms with Crippen LogP contribution in [0.4, 0.5) is 0 Å². The van der Waals surface area contributed by atoms with Crippen LogP contribution in [0.5, 0.6) is 0 Å². The van der Waals surface area contributed by atoms with Crippen LogP contribution in [-0.2, 0) is 38.1 Å². The van der Waals surface area contributed by atoms with E-state index in [1.807, 2.05) is 0 Å². The lowest BCUT2D eigenvalue weighted by molar-refractivity contribution is -0.227. The number of carbonyl (C=O) groups is 5. The summed E-state index contributed by atoms with van der Waals surface area (Å²) in [6.07, 6.45) is -3.89. The summed E-state index contributed by atoms with van der Waals surface area (Å²) in [5.74, 6) is -4.44. The molecule has 0 radical (unpaired) electrons. The molecule has 1 saturated carbocycles. The van der Waals surface area contributed by atoms with Gasteiger partial charge in [0.05, 0.1) is 11.5 Å². The fourth-order valence-electron chi connectivity index (χ4n) is 7.02. The summed E-state index contributed by atoms with van der Waals surface area (Å²) in [5, 5.41) is 12.7. The van der Waals surface area contributed by atoms with Crippen molar-refractivity contribution in [3.8, 4) is 0 Å². The van der Waals surface area contributed by atoms with Gasteiger partial charge in [-0.2, -0.15) is 0 Å². The van der Waals surface area contributed by atoms with E-state index in [2.05, 4.69) is 0 Å². The number of Topliss-reactive ketones (excluding diaryl/α,β-unsaturated/α-hetero) is 2. The molecule has 2 aliphatic carbocycles. The van der Waals surface area contributed by atoms with Gasteiger partial charge in [-0.1, -0.05) is 39.0 Å². The lowest BCUT2D eigenvalue weighted by Gasteiger charge is -2.60. The standard InChI is InChI=1S/C31H38O10/c1-17-21(34)15-31(37)26(41-28(36)20-11-8-7-9-12-20)24-22(35)16-38-14-10-13-30(24,6)27(40-19(3)33)25(39-18(2)32)23(17)29(31,4)5/h7-9,11-12,24-27,37H,10,13-16H2,1-6H3/t24-,25+,26-,27-,30+,31+/m0/s1. The van der Waals surface area contributed by atoms with Crippen molar-refractivity contribution in [1.29, 1.82) is 0 Å². The lowest BCUT2D eigenvalue weighted by Crippen LogP contribution is -2.71. The van der Waals surface area contributed by atoms with Crippen LogP contribution >= 0.6 is 0 Å². The minimum atomic E-state index is -2.11. The van der Waals surface area contributed by atoms with Crippen molar-refractivity contribution in [2.24, 2.45) is 16.7 Å². The minimum Gasteiger partial charge on any atom is -0.458 e. The van der Waals surface area contributed by atoms with Crippen LogP contribution in [0.15, 0.2) is 41.5 Å². The van der Waals surface area contributed by atoms with Gasteiger partial charge in [0.15, 0.2) is 17.7 Å². The van der Waals surface area contributed by atoms with Crippen LogP contribution < -0.4 is 0 Å². The van der Waals surface area contributed by atoms with Crippen molar-refractivity contribution >= 4 is 29.5 Å². The number of rotatable bonds is 4. The van der Waals surface area contributed by atoms with Gasteiger partial charge in [0.2, 0.25) is 0 Å². The highest BCUT2D eigenvalue weighted by Crippen LogP contribution is 2.59. The molecule has 1 aromatic carbocycles. The molecule has 2 fully saturated rings. The van der Waals surface area contributed by atoms with E-state index in [-0.39, 0.29) is 36.3 Å². The normalized spacial score (nSPS) is 33.3. The SMILES string of the molecule is CC(=O)O[C@@H]1C2=C(C)C(=O)C[C@@](O)([C@@H](OC(=O)c3ccccc3)[C@@H]3C(=O)COCCC[C@@]3(C)[C@H]1OC(C)=O)C2(C)C. The topological polar surface area (TPSA) is 142 Å². The summed E-state index contributed by atoms with van der Waals surface area (Å²) in [7, 11) is 0. The van der Waals surface area contributed by atoms with Gasteiger partial charge >= 0.3 is 17.9 Å². The molecule has 0 amide bonds. The summed E-state index contributed by atoms with van der Waals surface area (Å²) in [5.41, 5.74) is -4.12. The third kappa shape index (κ3) is 5.23. The molecule has 41 heavy (non-hydrogen) atoms. The van der Waals surface area contributed by atoms with Gasteiger partial charge in [0.1, 0.15) is 24.4 Å². The molecule has 222 valence electrons. The Kier molecular flexibility index (Phi) is 8.30. The van der Waals surface area contributed by atoms with E-state index in [4.69, 9.17) is 18.9 Å². The van der Waals surface area contributed by atoms with Crippen molar-refractivity contribution in [1.82, 2.24) is 0 Å². The summed E-state index contributed by atoms with van der Waals surface area (Å²) < 4.78 is 23.5. The third-order valence-corrected chi connectivity index (χ3v) is 9.13. The summed E-state index contributed by atoms with van der Waals surface area (Å²) in [4.78, 5) is 66.3. The van der Waals surface area contributed by atoms with Crippen molar-refractivity contribution in [2.45, 2.75) is 84.7 Å². The first kappa shape index (κ1) is 30.6. The van der Waals surface area contributed by atoms with Crippen molar-refractivity contribution in [3.05, 3.63) is 47.0 Å². The molecule has 10 heteroatoms. The number of hydrogen-bond donors (Lipinski definition) is 1. The van der Waals surface area contributed by atoms with Crippen molar-refractivity contribution in [3.63, 3.8) is 0 Å². The Morgan fingerprint density at radius 2 is 1.59 bits per heavy atom. The van der Waals surface area contributed by atoms with Crippen LogP contribution in [-0.4, -0.2) is 71.7 Å². The molecule has 6 atom stereocenters. The Morgan fingerprint density at radius 1 is 0.951 bits per heavy atom. The largest absolute Gasteiger partial charge is 0.458 e. The van der Waals surface area contributed by atoms with Crippen LogP contribution in [0.2, 0.25) is 0 Å². The molecule has 3 aliphatic rings. The molecule has 1 N–H and O–H groups in total. The van der Waals surface area contributed by atoms with Crippen molar-refractivity contribution in [2.75, 3.05) is 13.2 Å². The van der Waals surface area contributed by atoms with E-state index >= 15 is 0 Å². The first-order chi connectivity index (χ1) is 19.1. The van der Waals surface area contributed by atoms with E-state index in [0.29, 0.717) is 6.42 Å². The first-order valence-electron chi connectivity index (χ1n) is 13.8. The van der Waals surface area contributed by atoms with E-state index in [1.165, 1.54) is 13.8 Å². The van der Waals surface area contributed by atoms with E-state index in [9.17, 15) is 29.1 Å². The van der Waals surface area contributed by atoms with Crippen LogP contribution in [0.3, 0.4) is 0 Å². The zero-order chi connectivity index (χ0) is 30.3. The zero-order valence-corrected chi connectivity index (χ0v) is 24.4. The second kappa shape index (κ2) is 11.1. The highest BCUT2D eigenvalue weighted by Gasteiger charge is 2.69. The Hall–Kier alpha value is -3.37. The smallest absolute Gasteiger partial charge is 0.338 e. The Balaban J connectivity index is 2.07. The van der Waals surface area contributed by atoms with Gasteiger partial charge in [-0.3, -0.25) is 19.2 Å². The van der Waals surface area contributed by atoms with Gasteiger partial charge in [0.25, 0.3) is 0 Å². The molecule has 4 rings (SSSR count). The number of fused-ring (bicyclic) bond motifs is 3. The summed E-state index contributed by atoms with van der Waals surface area (Å²) in [6.45, 7) is 8.88. The summed E-state index contributed by atoms with van der Waals surface area (Å²) in [6, 6.07) is 8.13. The Labute approximate surface area is 239 Å². The zero-order valence-electron chi connectivity index (χ0n) is 24.4. The number of carbonyl (C=O) groups excluding carboxylic acids is 5. The van der Waals surface area contributed by atoms with Gasteiger partial charge in [-0.25, -0.2) is 4.79 Å². The molecular formula is C31H38O10. The monoisotopic (exact) mass is 570 g/mol. The van der Waals surface area contributed by atoms with Gasteiger partial charge in [0, 0.05) is 37.7 Å². The molecule has 2 bridgehead atoms. The number of esters is 3. The second-order valence-electron chi connectivity index (χ2n) is 12.0. The molecule has 1 saturated heterocycles. The first-order valence-corrected chi connectivity index (χ1v) is 13.8. The molecular weight excluding hydrogens is 532 g/mol. The quantitative estimate of drug-likeness (QED) is 0.424. The molecule has 10 nitrogen and oxygen atoms in total. The lowest BCUT2D eigenvalue weighted by atomic mass is 9.49. The second-order valence-corrected chi connectivity index (χ2v) is 12.0. The van der Waals surface area contributed by atoms with Crippen molar-refractivity contribution < 1.29 is 48.0 Å².